The van der Waals surface area contributed by atoms with Gasteiger partial charge in [0.15, 0.2) is 11.5 Å². The Hall–Kier alpha value is -2.95. The first-order valence-corrected chi connectivity index (χ1v) is 6.25. The minimum atomic E-state index is -1.21. The maximum atomic E-state index is 12.5. The Labute approximate surface area is 126 Å². The molecule has 0 bridgehead atoms. The molecule has 0 saturated heterocycles. The minimum Gasteiger partial charge on any atom is -0.493 e. The molecule has 1 aromatic carbocycles. The summed E-state index contributed by atoms with van der Waals surface area (Å²) < 4.78 is 15.6. The van der Waals surface area contributed by atoms with Crippen molar-refractivity contribution < 1.29 is 28.9 Å². The van der Waals surface area contributed by atoms with Crippen LogP contribution >= 0.6 is 0 Å². The van der Waals surface area contributed by atoms with E-state index in [9.17, 15) is 14.9 Å². The highest BCUT2D eigenvalue weighted by atomic mass is 16.5. The van der Waals surface area contributed by atoms with Crippen molar-refractivity contribution in [1.29, 1.82) is 5.26 Å². The molecule has 1 atom stereocenters. The fourth-order valence-corrected chi connectivity index (χ4v) is 2.49. The third kappa shape index (κ3) is 2.16. The van der Waals surface area contributed by atoms with Crippen LogP contribution in [-0.4, -0.2) is 49.8 Å². The van der Waals surface area contributed by atoms with Crippen LogP contribution in [0.1, 0.15) is 22.0 Å². The van der Waals surface area contributed by atoms with Crippen molar-refractivity contribution in [2.24, 2.45) is 0 Å². The van der Waals surface area contributed by atoms with Crippen molar-refractivity contribution in [1.82, 2.24) is 4.90 Å². The van der Waals surface area contributed by atoms with Crippen molar-refractivity contribution in [3.8, 4) is 23.3 Å². The Morgan fingerprint density at radius 1 is 1.32 bits per heavy atom. The van der Waals surface area contributed by atoms with Crippen molar-refractivity contribution in [2.45, 2.75) is 6.04 Å². The molecule has 1 aliphatic heterocycles. The van der Waals surface area contributed by atoms with Gasteiger partial charge in [0.05, 0.1) is 33.0 Å². The highest BCUT2D eigenvalue weighted by Gasteiger charge is 2.42. The van der Waals surface area contributed by atoms with Crippen LogP contribution in [0.25, 0.3) is 0 Å². The molecule has 8 nitrogen and oxygen atoms in total. The second kappa shape index (κ2) is 5.81. The van der Waals surface area contributed by atoms with E-state index < -0.39 is 24.5 Å². The zero-order chi connectivity index (χ0) is 16.4. The van der Waals surface area contributed by atoms with Gasteiger partial charge in [-0.1, -0.05) is 0 Å². The van der Waals surface area contributed by atoms with Gasteiger partial charge in [-0.3, -0.25) is 9.59 Å². The Kier molecular flexibility index (Phi) is 4.08. The molecule has 1 unspecified atom stereocenters. The summed E-state index contributed by atoms with van der Waals surface area (Å²) in [6.45, 7) is -0.584. The van der Waals surface area contributed by atoms with Crippen LogP contribution in [0.4, 0.5) is 0 Å². The Morgan fingerprint density at radius 2 is 1.95 bits per heavy atom. The zero-order valence-corrected chi connectivity index (χ0v) is 12.2. The van der Waals surface area contributed by atoms with Crippen LogP contribution in [0.5, 0.6) is 17.2 Å². The van der Waals surface area contributed by atoms with Crippen molar-refractivity contribution in [2.75, 3.05) is 27.9 Å². The van der Waals surface area contributed by atoms with Crippen molar-refractivity contribution >= 4 is 11.9 Å². The van der Waals surface area contributed by atoms with E-state index in [0.29, 0.717) is 11.3 Å². The van der Waals surface area contributed by atoms with Gasteiger partial charge in [-0.25, -0.2) is 0 Å². The van der Waals surface area contributed by atoms with Gasteiger partial charge in [-0.15, -0.1) is 0 Å². The number of nitrogens with zero attached hydrogens (tertiary/aromatic N) is 2. The molecule has 1 N–H and O–H groups in total. The number of carboxylic acid groups (broad SMARTS) is 1. The summed E-state index contributed by atoms with van der Waals surface area (Å²) in [6, 6.07) is 2.41. The molecule has 0 fully saturated rings. The maximum Gasteiger partial charge on any atom is 0.323 e. The number of hydrogen-bond acceptors (Lipinski definition) is 6. The molecule has 0 spiro atoms. The minimum absolute atomic E-state index is 0.118. The quantitative estimate of drug-likeness (QED) is 0.857. The molecular formula is C14H14N2O6. The van der Waals surface area contributed by atoms with E-state index in [1.165, 1.54) is 27.4 Å². The first-order valence-electron chi connectivity index (χ1n) is 6.25. The fourth-order valence-electron chi connectivity index (χ4n) is 2.49. The first kappa shape index (κ1) is 15.4. The average molecular weight is 306 g/mol. The first-order chi connectivity index (χ1) is 10.5. The summed E-state index contributed by atoms with van der Waals surface area (Å²) in [6.07, 6.45) is 0. The Morgan fingerprint density at radius 3 is 2.41 bits per heavy atom. The van der Waals surface area contributed by atoms with Gasteiger partial charge in [-0.05, 0) is 6.07 Å². The number of ether oxygens (including phenoxy) is 3. The van der Waals surface area contributed by atoms with Gasteiger partial charge < -0.3 is 24.2 Å². The normalized spacial score (nSPS) is 16.0. The lowest BCUT2D eigenvalue weighted by atomic mass is 10.0. The van der Waals surface area contributed by atoms with Crippen molar-refractivity contribution in [3.63, 3.8) is 0 Å². The number of nitriles is 1. The van der Waals surface area contributed by atoms with E-state index >= 15 is 0 Å². The number of rotatable bonds is 5. The Bertz CT molecular complexity index is 679. The second-order valence-electron chi connectivity index (χ2n) is 4.47. The third-order valence-electron chi connectivity index (χ3n) is 3.37. The predicted molar refractivity (Wildman–Crippen MR) is 73.1 cm³/mol. The summed E-state index contributed by atoms with van der Waals surface area (Å²) in [7, 11) is 4.16. The maximum absolute atomic E-state index is 12.5. The highest BCUT2D eigenvalue weighted by Crippen LogP contribution is 2.48. The van der Waals surface area contributed by atoms with Gasteiger partial charge in [0.1, 0.15) is 12.6 Å². The molecule has 1 heterocycles. The molecule has 0 saturated carbocycles. The molecule has 0 aliphatic carbocycles. The molecule has 116 valence electrons. The number of carboxylic acids is 1. The number of methoxy groups -OCH3 is 3. The summed E-state index contributed by atoms with van der Waals surface area (Å²) in [5.74, 6) is -1.18. The number of carbonyl (C=O) groups is 2. The summed E-state index contributed by atoms with van der Waals surface area (Å²) in [4.78, 5) is 24.4. The van der Waals surface area contributed by atoms with E-state index in [4.69, 9.17) is 19.3 Å². The van der Waals surface area contributed by atoms with Crippen LogP contribution in [0.15, 0.2) is 6.07 Å². The molecule has 1 aromatic rings. The predicted octanol–water partition coefficient (Wildman–Crippen LogP) is 0.817. The molecule has 0 radical (unpaired) electrons. The second-order valence-corrected chi connectivity index (χ2v) is 4.47. The van der Waals surface area contributed by atoms with Crippen molar-refractivity contribution in [3.05, 3.63) is 17.2 Å². The van der Waals surface area contributed by atoms with Crippen LogP contribution in [0.3, 0.4) is 0 Å². The summed E-state index contributed by atoms with van der Waals surface area (Å²) in [5, 5.41) is 18.2. The number of hydrogen-bond donors (Lipinski definition) is 1. The molecular weight excluding hydrogens is 292 g/mol. The van der Waals surface area contributed by atoms with Crippen LogP contribution in [-0.2, 0) is 4.79 Å². The molecule has 22 heavy (non-hydrogen) atoms. The van der Waals surface area contributed by atoms with E-state index in [1.54, 1.807) is 0 Å². The smallest absolute Gasteiger partial charge is 0.323 e. The largest absolute Gasteiger partial charge is 0.493 e. The van der Waals surface area contributed by atoms with E-state index in [0.717, 1.165) is 4.90 Å². The number of amides is 1. The van der Waals surface area contributed by atoms with E-state index in [1.807, 2.05) is 6.07 Å². The monoisotopic (exact) mass is 306 g/mol. The number of benzene rings is 1. The summed E-state index contributed by atoms with van der Waals surface area (Å²) in [5.41, 5.74) is 0.455. The molecule has 1 amide bonds. The van der Waals surface area contributed by atoms with Gasteiger partial charge in [0.25, 0.3) is 5.91 Å². The molecule has 8 heteroatoms. The topological polar surface area (TPSA) is 109 Å². The fraction of sp³-hybridized carbons (Fsp3) is 0.357. The lowest BCUT2D eigenvalue weighted by Gasteiger charge is -2.17. The lowest BCUT2D eigenvalue weighted by Crippen LogP contribution is -2.32. The van der Waals surface area contributed by atoms with Gasteiger partial charge >= 0.3 is 5.97 Å². The van der Waals surface area contributed by atoms with Crippen LogP contribution in [0, 0.1) is 11.3 Å². The Balaban J connectivity index is 2.70. The number of aliphatic carboxylic acids is 1. The van der Waals surface area contributed by atoms with E-state index in [-0.39, 0.29) is 17.1 Å². The molecule has 2 rings (SSSR count). The van der Waals surface area contributed by atoms with Crippen LogP contribution in [0.2, 0.25) is 0 Å². The number of fused-ring (bicyclic) bond motifs is 1. The van der Waals surface area contributed by atoms with Crippen LogP contribution < -0.4 is 14.2 Å². The lowest BCUT2D eigenvalue weighted by molar-refractivity contribution is -0.137. The van der Waals surface area contributed by atoms with E-state index in [2.05, 4.69) is 0 Å². The molecule has 0 aromatic heterocycles. The highest BCUT2D eigenvalue weighted by molar-refractivity contribution is 6.04. The van der Waals surface area contributed by atoms with Gasteiger partial charge in [-0.2, -0.15) is 5.26 Å². The third-order valence-corrected chi connectivity index (χ3v) is 3.37. The SMILES string of the molecule is COc1cc2c(c(OC)c1OC)C(=O)N(CC(=O)O)C2C#N. The summed E-state index contributed by atoms with van der Waals surface area (Å²) >= 11 is 0. The standard InChI is InChI=1S/C14H14N2O6/c1-20-9-4-7-8(5-15)16(6-10(17)18)14(19)11(7)13(22-3)12(9)21-2/h4,8H,6H2,1-3H3,(H,17,18). The average Bonchev–Trinajstić information content (AvgIpc) is 2.76. The van der Waals surface area contributed by atoms with Gasteiger partial charge in [0.2, 0.25) is 5.75 Å². The number of carbonyl (C=O) groups excluding carboxylic acids is 1. The molecule has 1 aliphatic rings. The zero-order valence-electron chi connectivity index (χ0n) is 12.2. The van der Waals surface area contributed by atoms with Gasteiger partial charge in [0, 0.05) is 5.56 Å².